The van der Waals surface area contributed by atoms with Crippen LogP contribution in [0, 0.1) is 0 Å². The van der Waals surface area contributed by atoms with E-state index >= 15 is 0 Å². The molecule has 0 radical (unpaired) electrons. The zero-order chi connectivity index (χ0) is 17.4. The molecule has 0 amide bonds. The van der Waals surface area contributed by atoms with Gasteiger partial charge in [0.2, 0.25) is 20.0 Å². The third-order valence-corrected chi connectivity index (χ3v) is 6.79. The van der Waals surface area contributed by atoms with Gasteiger partial charge in [0.05, 0.1) is 11.2 Å². The fourth-order valence-corrected chi connectivity index (χ4v) is 5.01. The molecule has 2 aliphatic rings. The van der Waals surface area contributed by atoms with Gasteiger partial charge in [0.15, 0.2) is 11.5 Å². The summed E-state index contributed by atoms with van der Waals surface area (Å²) < 4.78 is 63.1. The molecule has 2 aliphatic heterocycles. The van der Waals surface area contributed by atoms with Crippen molar-refractivity contribution in [3.05, 3.63) is 18.2 Å². The first-order valence-corrected chi connectivity index (χ1v) is 11.0. The Morgan fingerprint density at radius 1 is 1.12 bits per heavy atom. The van der Waals surface area contributed by atoms with Crippen molar-refractivity contribution in [1.29, 1.82) is 0 Å². The quantitative estimate of drug-likeness (QED) is 0.803. The smallest absolute Gasteiger partial charge is 0.241 e. The lowest BCUT2D eigenvalue weighted by atomic mass is 10.1. The molecular weight excluding hydrogens is 356 g/mol. The summed E-state index contributed by atoms with van der Waals surface area (Å²) in [4.78, 5) is 0.0724. The van der Waals surface area contributed by atoms with Crippen LogP contribution in [0.15, 0.2) is 23.1 Å². The highest BCUT2D eigenvalue weighted by Gasteiger charge is 2.29. The molecule has 1 unspecified atom stereocenters. The molecule has 1 aromatic carbocycles. The van der Waals surface area contributed by atoms with Crippen LogP contribution in [0.3, 0.4) is 0 Å². The van der Waals surface area contributed by atoms with Crippen molar-refractivity contribution in [3.63, 3.8) is 0 Å². The summed E-state index contributed by atoms with van der Waals surface area (Å²) in [6.45, 7) is 1.36. The van der Waals surface area contributed by atoms with E-state index in [1.54, 1.807) is 6.07 Å². The summed E-state index contributed by atoms with van der Waals surface area (Å²) in [5, 5.41) is 0. The molecule has 3 rings (SSSR count). The SMILES string of the molecule is CS(=O)(=O)N1CCCC(NS(=O)(=O)c2ccc3c(c2)OCCO3)C1. The fourth-order valence-electron chi connectivity index (χ4n) is 2.82. The van der Waals surface area contributed by atoms with E-state index in [0.29, 0.717) is 44.1 Å². The number of ether oxygens (including phenoxy) is 2. The van der Waals surface area contributed by atoms with Crippen molar-refractivity contribution in [2.45, 2.75) is 23.8 Å². The molecule has 0 aliphatic carbocycles. The Kier molecular flexibility index (Phi) is 4.73. The van der Waals surface area contributed by atoms with Crippen LogP contribution >= 0.6 is 0 Å². The van der Waals surface area contributed by atoms with E-state index in [-0.39, 0.29) is 11.4 Å². The van der Waals surface area contributed by atoms with Crippen LogP contribution in [0.1, 0.15) is 12.8 Å². The van der Waals surface area contributed by atoms with Gasteiger partial charge in [-0.05, 0) is 25.0 Å². The lowest BCUT2D eigenvalue weighted by molar-refractivity contribution is 0.171. The highest BCUT2D eigenvalue weighted by Crippen LogP contribution is 2.32. The van der Waals surface area contributed by atoms with Gasteiger partial charge in [0.1, 0.15) is 13.2 Å². The first-order chi connectivity index (χ1) is 11.3. The van der Waals surface area contributed by atoms with E-state index in [1.165, 1.54) is 16.4 Å². The largest absolute Gasteiger partial charge is 0.486 e. The van der Waals surface area contributed by atoms with E-state index in [9.17, 15) is 16.8 Å². The Bertz CT molecular complexity index is 822. The minimum absolute atomic E-state index is 0.0724. The molecule has 0 bridgehead atoms. The second-order valence-electron chi connectivity index (χ2n) is 5.89. The van der Waals surface area contributed by atoms with Crippen molar-refractivity contribution in [2.75, 3.05) is 32.6 Å². The second-order valence-corrected chi connectivity index (χ2v) is 9.58. The number of hydrogen-bond acceptors (Lipinski definition) is 6. The Morgan fingerprint density at radius 2 is 1.83 bits per heavy atom. The Labute approximate surface area is 141 Å². The lowest BCUT2D eigenvalue weighted by Gasteiger charge is -2.31. The van der Waals surface area contributed by atoms with E-state index in [0.717, 1.165) is 6.26 Å². The average molecular weight is 376 g/mol. The highest BCUT2D eigenvalue weighted by molar-refractivity contribution is 7.89. The first kappa shape index (κ1) is 17.5. The molecular formula is C14H20N2O6S2. The molecule has 1 fully saturated rings. The van der Waals surface area contributed by atoms with Crippen LogP contribution < -0.4 is 14.2 Å². The number of sulfonamides is 2. The second kappa shape index (κ2) is 6.51. The number of nitrogens with one attached hydrogen (secondary N) is 1. The van der Waals surface area contributed by atoms with Crippen molar-refractivity contribution < 1.29 is 26.3 Å². The maximum Gasteiger partial charge on any atom is 0.241 e. The minimum atomic E-state index is -3.77. The maximum absolute atomic E-state index is 12.6. The Balaban J connectivity index is 1.76. The summed E-state index contributed by atoms with van der Waals surface area (Å²) in [5.74, 6) is 0.909. The molecule has 0 aromatic heterocycles. The number of piperidine rings is 1. The van der Waals surface area contributed by atoms with Gasteiger partial charge in [0, 0.05) is 25.2 Å². The average Bonchev–Trinajstić information content (AvgIpc) is 2.53. The number of benzene rings is 1. The summed E-state index contributed by atoms with van der Waals surface area (Å²) in [7, 11) is -7.10. The maximum atomic E-state index is 12.6. The molecule has 1 N–H and O–H groups in total. The van der Waals surface area contributed by atoms with Gasteiger partial charge < -0.3 is 9.47 Å². The predicted octanol–water partition coefficient (Wildman–Crippen LogP) is 0.160. The number of hydrogen-bond donors (Lipinski definition) is 1. The van der Waals surface area contributed by atoms with E-state index in [2.05, 4.69) is 4.72 Å². The molecule has 1 saturated heterocycles. The van der Waals surface area contributed by atoms with Crippen LogP contribution in [0.25, 0.3) is 0 Å². The zero-order valence-electron chi connectivity index (χ0n) is 13.3. The lowest BCUT2D eigenvalue weighted by Crippen LogP contribution is -2.49. The normalized spacial score (nSPS) is 22.3. The number of fused-ring (bicyclic) bond motifs is 1. The van der Waals surface area contributed by atoms with Crippen LogP contribution in [-0.4, -0.2) is 59.7 Å². The van der Waals surface area contributed by atoms with Crippen LogP contribution in [0.2, 0.25) is 0 Å². The third kappa shape index (κ3) is 3.82. The monoisotopic (exact) mass is 376 g/mol. The van der Waals surface area contributed by atoms with E-state index < -0.39 is 26.1 Å². The van der Waals surface area contributed by atoms with Crippen molar-refractivity contribution >= 4 is 20.0 Å². The van der Waals surface area contributed by atoms with E-state index in [4.69, 9.17) is 9.47 Å². The van der Waals surface area contributed by atoms with E-state index in [1.807, 2.05) is 0 Å². The predicted molar refractivity (Wildman–Crippen MR) is 87.2 cm³/mol. The minimum Gasteiger partial charge on any atom is -0.486 e. The Morgan fingerprint density at radius 3 is 2.54 bits per heavy atom. The molecule has 10 heteroatoms. The standard InChI is InChI=1S/C14H20N2O6S2/c1-23(17,18)16-6-2-3-11(10-16)15-24(19,20)12-4-5-13-14(9-12)22-8-7-21-13/h4-5,9,11,15H,2-3,6-8,10H2,1H3. The summed E-state index contributed by atoms with van der Waals surface area (Å²) in [6.07, 6.45) is 2.34. The molecule has 134 valence electrons. The molecule has 0 spiro atoms. The van der Waals surface area contributed by atoms with Gasteiger partial charge in [-0.3, -0.25) is 0 Å². The van der Waals surface area contributed by atoms with Gasteiger partial charge in [-0.25, -0.2) is 25.9 Å². The van der Waals surface area contributed by atoms with Gasteiger partial charge in [0.25, 0.3) is 0 Å². The van der Waals surface area contributed by atoms with Crippen molar-refractivity contribution in [3.8, 4) is 11.5 Å². The van der Waals surface area contributed by atoms with Crippen LogP contribution in [0.4, 0.5) is 0 Å². The highest BCUT2D eigenvalue weighted by atomic mass is 32.2. The molecule has 8 nitrogen and oxygen atoms in total. The fraction of sp³-hybridized carbons (Fsp3) is 0.571. The Hall–Kier alpha value is -1.36. The van der Waals surface area contributed by atoms with Gasteiger partial charge >= 0.3 is 0 Å². The van der Waals surface area contributed by atoms with Gasteiger partial charge in [-0.2, -0.15) is 0 Å². The van der Waals surface area contributed by atoms with Crippen molar-refractivity contribution in [1.82, 2.24) is 9.03 Å². The molecule has 1 atom stereocenters. The molecule has 24 heavy (non-hydrogen) atoms. The third-order valence-electron chi connectivity index (χ3n) is 4.00. The first-order valence-electron chi connectivity index (χ1n) is 7.63. The summed E-state index contributed by atoms with van der Waals surface area (Å²) in [6, 6.07) is 3.99. The molecule has 0 saturated carbocycles. The zero-order valence-corrected chi connectivity index (χ0v) is 14.9. The molecule has 1 aromatic rings. The van der Waals surface area contributed by atoms with Crippen LogP contribution in [0.5, 0.6) is 11.5 Å². The van der Waals surface area contributed by atoms with Crippen molar-refractivity contribution in [2.24, 2.45) is 0 Å². The van der Waals surface area contributed by atoms with Crippen LogP contribution in [-0.2, 0) is 20.0 Å². The topological polar surface area (TPSA) is 102 Å². The van der Waals surface area contributed by atoms with Gasteiger partial charge in [-0.1, -0.05) is 0 Å². The number of nitrogens with zero attached hydrogens (tertiary/aromatic N) is 1. The summed E-state index contributed by atoms with van der Waals surface area (Å²) in [5.41, 5.74) is 0. The number of rotatable bonds is 4. The molecule has 2 heterocycles. The van der Waals surface area contributed by atoms with Gasteiger partial charge in [-0.15, -0.1) is 0 Å². The summed E-state index contributed by atoms with van der Waals surface area (Å²) >= 11 is 0.